The third-order valence-corrected chi connectivity index (χ3v) is 4.63. The minimum absolute atomic E-state index is 0.224. The highest BCUT2D eigenvalue weighted by atomic mass is 35.5. The maximum atomic E-state index is 12.6. The van der Waals surface area contributed by atoms with Crippen molar-refractivity contribution in [1.29, 1.82) is 0 Å². The van der Waals surface area contributed by atoms with E-state index in [9.17, 15) is 4.79 Å². The lowest BCUT2D eigenvalue weighted by atomic mass is 10.1. The van der Waals surface area contributed by atoms with Gasteiger partial charge in [-0.1, -0.05) is 60.5 Å². The smallest absolute Gasteiger partial charge is 0.339 e. The zero-order valence-corrected chi connectivity index (χ0v) is 17.2. The number of benzene rings is 3. The highest BCUT2D eigenvalue weighted by molar-refractivity contribution is 6.37. The van der Waals surface area contributed by atoms with E-state index >= 15 is 0 Å². The SMILES string of the molecule is CCC(=Cc1ccccc1)C(=O)Oc1cc(Cl)c(Oc2ccc(N)cc2)c(Cl)c1. The number of hydrogen-bond acceptors (Lipinski definition) is 4. The van der Waals surface area contributed by atoms with Crippen LogP contribution in [0.1, 0.15) is 18.9 Å². The third-order valence-electron chi connectivity index (χ3n) is 4.07. The van der Waals surface area contributed by atoms with Crippen LogP contribution in [0.4, 0.5) is 5.69 Å². The molecule has 0 aliphatic carbocycles. The van der Waals surface area contributed by atoms with Crippen LogP contribution >= 0.6 is 23.2 Å². The zero-order valence-electron chi connectivity index (χ0n) is 15.7. The van der Waals surface area contributed by atoms with Gasteiger partial charge in [-0.15, -0.1) is 0 Å². The van der Waals surface area contributed by atoms with Gasteiger partial charge in [-0.2, -0.15) is 0 Å². The Hall–Kier alpha value is -2.95. The first-order valence-corrected chi connectivity index (χ1v) is 9.72. The Labute approximate surface area is 179 Å². The lowest BCUT2D eigenvalue weighted by Crippen LogP contribution is -2.11. The minimum Gasteiger partial charge on any atom is -0.454 e. The molecule has 6 heteroatoms. The van der Waals surface area contributed by atoms with Crippen molar-refractivity contribution in [3.8, 4) is 17.2 Å². The molecule has 0 saturated carbocycles. The van der Waals surface area contributed by atoms with Gasteiger partial charge in [0.05, 0.1) is 10.0 Å². The first-order valence-electron chi connectivity index (χ1n) is 8.96. The standard InChI is InChI=1S/C23H19Cl2NO3/c1-2-16(12-15-6-4-3-5-7-15)23(27)29-19-13-20(24)22(21(25)14-19)28-18-10-8-17(26)9-11-18/h3-14H,2,26H2,1H3. The van der Waals surface area contributed by atoms with Crippen LogP contribution in [0.3, 0.4) is 0 Å². The number of rotatable bonds is 6. The van der Waals surface area contributed by atoms with Crippen molar-refractivity contribution in [1.82, 2.24) is 0 Å². The number of carbonyl (C=O) groups excluding carboxylic acids is 1. The summed E-state index contributed by atoms with van der Waals surface area (Å²) in [5.41, 5.74) is 7.74. The van der Waals surface area contributed by atoms with Crippen molar-refractivity contribution < 1.29 is 14.3 Å². The third kappa shape index (κ3) is 5.53. The van der Waals surface area contributed by atoms with Crippen LogP contribution in [0, 0.1) is 0 Å². The number of anilines is 1. The Balaban J connectivity index is 1.78. The fourth-order valence-electron chi connectivity index (χ4n) is 2.58. The monoisotopic (exact) mass is 427 g/mol. The van der Waals surface area contributed by atoms with Crippen molar-refractivity contribution in [2.45, 2.75) is 13.3 Å². The van der Waals surface area contributed by atoms with Crippen LogP contribution in [0.15, 0.2) is 72.3 Å². The molecular formula is C23H19Cl2NO3. The van der Waals surface area contributed by atoms with Crippen LogP contribution in [0.2, 0.25) is 10.0 Å². The maximum Gasteiger partial charge on any atom is 0.339 e. The molecule has 0 radical (unpaired) electrons. The molecule has 0 saturated heterocycles. The van der Waals surface area contributed by atoms with E-state index < -0.39 is 5.97 Å². The van der Waals surface area contributed by atoms with Crippen molar-refractivity contribution in [3.63, 3.8) is 0 Å². The average Bonchev–Trinajstić information content (AvgIpc) is 2.71. The Bertz CT molecular complexity index is 1010. The number of nitrogens with two attached hydrogens (primary N) is 1. The fourth-order valence-corrected chi connectivity index (χ4v) is 3.12. The highest BCUT2D eigenvalue weighted by Crippen LogP contribution is 2.39. The van der Waals surface area contributed by atoms with Gasteiger partial charge in [0.2, 0.25) is 0 Å². The van der Waals surface area contributed by atoms with Crippen LogP contribution in [-0.2, 0) is 4.79 Å². The number of carbonyl (C=O) groups is 1. The second-order valence-corrected chi connectivity index (χ2v) is 7.02. The molecule has 29 heavy (non-hydrogen) atoms. The van der Waals surface area contributed by atoms with Gasteiger partial charge in [-0.05, 0) is 42.3 Å². The van der Waals surface area contributed by atoms with Crippen LogP contribution in [-0.4, -0.2) is 5.97 Å². The first-order chi connectivity index (χ1) is 14.0. The molecule has 0 aliphatic rings. The van der Waals surface area contributed by atoms with E-state index in [0.29, 0.717) is 23.4 Å². The van der Waals surface area contributed by atoms with Crippen molar-refractivity contribution in [3.05, 3.63) is 87.9 Å². The molecule has 0 aromatic heterocycles. The molecule has 4 nitrogen and oxygen atoms in total. The van der Waals surface area contributed by atoms with Gasteiger partial charge in [0, 0.05) is 23.4 Å². The molecule has 0 unspecified atom stereocenters. The van der Waals surface area contributed by atoms with E-state index in [1.807, 2.05) is 37.3 Å². The second kappa shape index (κ2) is 9.50. The number of nitrogen functional groups attached to an aromatic ring is 1. The molecule has 148 valence electrons. The molecule has 3 aromatic rings. The van der Waals surface area contributed by atoms with E-state index in [0.717, 1.165) is 5.56 Å². The summed E-state index contributed by atoms with van der Waals surface area (Å²) in [5, 5.41) is 0.449. The average molecular weight is 428 g/mol. The summed E-state index contributed by atoms with van der Waals surface area (Å²) in [6.45, 7) is 1.89. The predicted molar refractivity (Wildman–Crippen MR) is 118 cm³/mol. The number of ether oxygens (including phenoxy) is 2. The predicted octanol–water partition coefficient (Wildman–Crippen LogP) is 6.77. The molecule has 0 bridgehead atoms. The molecule has 0 aliphatic heterocycles. The normalized spacial score (nSPS) is 11.2. The summed E-state index contributed by atoms with van der Waals surface area (Å²) < 4.78 is 11.2. The maximum absolute atomic E-state index is 12.6. The molecule has 2 N–H and O–H groups in total. The zero-order chi connectivity index (χ0) is 20.8. The summed E-state index contributed by atoms with van der Waals surface area (Å²) >= 11 is 12.6. The van der Waals surface area contributed by atoms with Gasteiger partial charge in [0.25, 0.3) is 0 Å². The Morgan fingerprint density at radius 3 is 2.17 bits per heavy atom. The number of halogens is 2. The van der Waals surface area contributed by atoms with E-state index in [1.165, 1.54) is 12.1 Å². The Morgan fingerprint density at radius 1 is 0.966 bits per heavy atom. The topological polar surface area (TPSA) is 61.5 Å². The van der Waals surface area contributed by atoms with Crippen LogP contribution in [0.5, 0.6) is 17.2 Å². The molecule has 3 aromatic carbocycles. The summed E-state index contributed by atoms with van der Waals surface area (Å²) in [5.74, 6) is 0.581. The van der Waals surface area contributed by atoms with Crippen molar-refractivity contribution >= 4 is 40.9 Å². The fraction of sp³-hybridized carbons (Fsp3) is 0.0870. The molecule has 0 heterocycles. The molecule has 0 fully saturated rings. The quantitative estimate of drug-likeness (QED) is 0.204. The van der Waals surface area contributed by atoms with E-state index in [2.05, 4.69) is 0 Å². The summed E-state index contributed by atoms with van der Waals surface area (Å²) in [6, 6.07) is 19.4. The van der Waals surface area contributed by atoms with Gasteiger partial charge >= 0.3 is 5.97 Å². The lowest BCUT2D eigenvalue weighted by molar-refractivity contribution is -0.130. The molecule has 3 rings (SSSR count). The summed E-state index contributed by atoms with van der Waals surface area (Å²) in [6.07, 6.45) is 2.32. The van der Waals surface area contributed by atoms with E-state index in [-0.39, 0.29) is 21.5 Å². The first kappa shape index (κ1) is 20.8. The minimum atomic E-state index is -0.462. The van der Waals surface area contributed by atoms with Gasteiger partial charge in [-0.3, -0.25) is 0 Å². The number of esters is 1. The van der Waals surface area contributed by atoms with E-state index in [1.54, 1.807) is 30.3 Å². The van der Waals surface area contributed by atoms with Gasteiger partial charge in [-0.25, -0.2) is 4.79 Å². The Morgan fingerprint density at radius 2 is 1.59 bits per heavy atom. The molecule has 0 atom stereocenters. The van der Waals surface area contributed by atoms with Crippen LogP contribution in [0.25, 0.3) is 6.08 Å². The lowest BCUT2D eigenvalue weighted by Gasteiger charge is -2.12. The second-order valence-electron chi connectivity index (χ2n) is 6.21. The van der Waals surface area contributed by atoms with Gasteiger partial charge in [0.1, 0.15) is 11.5 Å². The van der Waals surface area contributed by atoms with Crippen molar-refractivity contribution in [2.75, 3.05) is 5.73 Å². The molecule has 0 spiro atoms. The van der Waals surface area contributed by atoms with E-state index in [4.69, 9.17) is 38.4 Å². The largest absolute Gasteiger partial charge is 0.454 e. The number of hydrogen-bond donors (Lipinski definition) is 1. The summed E-state index contributed by atoms with van der Waals surface area (Å²) in [7, 11) is 0. The molecule has 0 amide bonds. The van der Waals surface area contributed by atoms with Crippen molar-refractivity contribution in [2.24, 2.45) is 0 Å². The van der Waals surface area contributed by atoms with Gasteiger partial charge in [0.15, 0.2) is 5.75 Å². The Kier molecular flexibility index (Phi) is 6.81. The van der Waals surface area contributed by atoms with Crippen LogP contribution < -0.4 is 15.2 Å². The highest BCUT2D eigenvalue weighted by Gasteiger charge is 2.16. The summed E-state index contributed by atoms with van der Waals surface area (Å²) in [4.78, 5) is 12.6. The molecular weight excluding hydrogens is 409 g/mol. The van der Waals surface area contributed by atoms with Gasteiger partial charge < -0.3 is 15.2 Å².